The fourth-order valence-corrected chi connectivity index (χ4v) is 4.32. The van der Waals surface area contributed by atoms with Crippen molar-refractivity contribution in [3.05, 3.63) is 0 Å². The van der Waals surface area contributed by atoms with Crippen molar-refractivity contribution in [2.75, 3.05) is 18.3 Å². The number of rotatable bonds is 24. The Hall–Kier alpha value is 0.310. The third-order valence-corrected chi connectivity index (χ3v) is 6.36. The minimum Gasteiger partial charge on any atom is -0.371 e. The lowest BCUT2D eigenvalue weighted by Crippen LogP contribution is -1.95. The molecule has 164 valence electrons. The lowest BCUT2D eigenvalue weighted by molar-refractivity contribution is 0.177. The molecule has 0 saturated heterocycles. The second-order valence-corrected chi connectivity index (χ2v) is 9.35. The molecule has 0 unspecified atom stereocenters. The monoisotopic (exact) mass is 400 g/mol. The Balaban J connectivity index is 2.95. The summed E-state index contributed by atoms with van der Waals surface area (Å²) in [5.41, 5.74) is 0. The van der Waals surface area contributed by atoms with Crippen LogP contribution in [0.25, 0.3) is 0 Å². The van der Waals surface area contributed by atoms with Crippen molar-refractivity contribution in [3.8, 4) is 0 Å². The molecule has 1 nitrogen and oxygen atoms in total. The molecule has 0 aliphatic heterocycles. The number of ether oxygens (including phenoxy) is 1. The standard InChI is InChI=1S/C25H52OS/c1-3-5-7-9-11-13-15-17-19-21-23-26-25-27-24-22-20-18-16-14-12-10-8-6-4-2/h3-25H2,1-2H3. The number of unbranched alkanes of at least 4 members (excludes halogenated alkanes) is 18. The molecule has 0 rings (SSSR count). The van der Waals surface area contributed by atoms with Crippen molar-refractivity contribution >= 4 is 11.8 Å². The fraction of sp³-hybridized carbons (Fsp3) is 1.00. The van der Waals surface area contributed by atoms with Gasteiger partial charge in [-0.1, -0.05) is 129 Å². The van der Waals surface area contributed by atoms with E-state index in [1.165, 1.54) is 134 Å². The number of hydrogen-bond acceptors (Lipinski definition) is 2. The Morgan fingerprint density at radius 2 is 0.815 bits per heavy atom. The SMILES string of the molecule is CCCCCCCCCCCCOCSCCCCCCCCCCCC. The molecule has 0 atom stereocenters. The molecule has 0 aromatic carbocycles. The highest BCUT2D eigenvalue weighted by molar-refractivity contribution is 7.99. The lowest BCUT2D eigenvalue weighted by atomic mass is 10.1. The normalized spacial score (nSPS) is 11.3. The minimum atomic E-state index is 0.912. The van der Waals surface area contributed by atoms with E-state index in [-0.39, 0.29) is 0 Å². The summed E-state index contributed by atoms with van der Waals surface area (Å²) in [5.74, 6) is 2.20. The molecule has 0 aromatic rings. The first-order valence-electron chi connectivity index (χ1n) is 12.6. The molecule has 0 saturated carbocycles. The van der Waals surface area contributed by atoms with E-state index in [1.54, 1.807) is 0 Å². The average Bonchev–Trinajstić information content (AvgIpc) is 2.68. The summed E-state index contributed by atoms with van der Waals surface area (Å²) < 4.78 is 5.76. The third kappa shape index (κ3) is 26.3. The Kier molecular flexibility index (Phi) is 26.6. The predicted molar refractivity (Wildman–Crippen MR) is 127 cm³/mol. The minimum absolute atomic E-state index is 0.912. The van der Waals surface area contributed by atoms with Crippen molar-refractivity contribution in [2.45, 2.75) is 142 Å². The zero-order valence-electron chi connectivity index (χ0n) is 19.1. The van der Waals surface area contributed by atoms with Crippen LogP contribution in [0.5, 0.6) is 0 Å². The summed E-state index contributed by atoms with van der Waals surface area (Å²) in [4.78, 5) is 0. The molecule has 0 fully saturated rings. The maximum atomic E-state index is 5.76. The van der Waals surface area contributed by atoms with Gasteiger partial charge < -0.3 is 4.74 Å². The van der Waals surface area contributed by atoms with Gasteiger partial charge in [0.05, 0.1) is 5.94 Å². The molecule has 0 radical (unpaired) electrons. The maximum Gasteiger partial charge on any atom is 0.0920 e. The molecular formula is C25H52OS. The molecule has 0 N–H and O–H groups in total. The second-order valence-electron chi connectivity index (χ2n) is 8.30. The highest BCUT2D eigenvalue weighted by Crippen LogP contribution is 2.13. The van der Waals surface area contributed by atoms with Gasteiger partial charge in [-0.15, -0.1) is 11.8 Å². The summed E-state index contributed by atoms with van der Waals surface area (Å²) in [6.45, 7) is 5.56. The van der Waals surface area contributed by atoms with Gasteiger partial charge in [-0.25, -0.2) is 0 Å². The van der Waals surface area contributed by atoms with E-state index < -0.39 is 0 Å². The molecule has 0 amide bonds. The average molecular weight is 401 g/mol. The van der Waals surface area contributed by atoms with E-state index in [0.29, 0.717) is 0 Å². The topological polar surface area (TPSA) is 9.23 Å². The van der Waals surface area contributed by atoms with Crippen LogP contribution in [0.4, 0.5) is 0 Å². The van der Waals surface area contributed by atoms with Crippen LogP contribution in [-0.4, -0.2) is 18.3 Å². The smallest absolute Gasteiger partial charge is 0.0920 e. The van der Waals surface area contributed by atoms with Gasteiger partial charge in [0.15, 0.2) is 0 Å². The van der Waals surface area contributed by atoms with E-state index in [4.69, 9.17) is 4.74 Å². The lowest BCUT2D eigenvalue weighted by Gasteiger charge is -2.05. The molecule has 0 aromatic heterocycles. The van der Waals surface area contributed by atoms with Gasteiger partial charge in [-0.2, -0.15) is 0 Å². The second kappa shape index (κ2) is 26.3. The summed E-state index contributed by atoms with van der Waals surface area (Å²) >= 11 is 1.99. The van der Waals surface area contributed by atoms with Crippen LogP contribution in [0.2, 0.25) is 0 Å². The molecule has 0 heterocycles. The molecule has 27 heavy (non-hydrogen) atoms. The quantitative estimate of drug-likeness (QED) is 0.118. The van der Waals surface area contributed by atoms with E-state index in [9.17, 15) is 0 Å². The molecule has 0 aliphatic carbocycles. The van der Waals surface area contributed by atoms with Crippen LogP contribution in [-0.2, 0) is 4.74 Å². The van der Waals surface area contributed by atoms with Crippen LogP contribution in [0.3, 0.4) is 0 Å². The van der Waals surface area contributed by atoms with Crippen molar-refractivity contribution in [2.24, 2.45) is 0 Å². The van der Waals surface area contributed by atoms with Gasteiger partial charge in [-0.05, 0) is 18.6 Å². The number of hydrogen-bond donors (Lipinski definition) is 0. The molecule has 2 heteroatoms. The van der Waals surface area contributed by atoms with Gasteiger partial charge in [0.2, 0.25) is 0 Å². The van der Waals surface area contributed by atoms with Crippen molar-refractivity contribution in [1.29, 1.82) is 0 Å². The summed E-state index contributed by atoms with van der Waals surface area (Å²) in [5, 5.41) is 0. The Morgan fingerprint density at radius 1 is 0.444 bits per heavy atom. The van der Waals surface area contributed by atoms with E-state index in [2.05, 4.69) is 13.8 Å². The first-order chi connectivity index (χ1) is 13.4. The van der Waals surface area contributed by atoms with Gasteiger partial charge in [0.25, 0.3) is 0 Å². The Bertz CT molecular complexity index is 220. The summed E-state index contributed by atoms with van der Waals surface area (Å²) in [7, 11) is 0. The fourth-order valence-electron chi connectivity index (χ4n) is 3.56. The third-order valence-electron chi connectivity index (χ3n) is 5.45. The number of thioether (sulfide) groups is 1. The zero-order valence-corrected chi connectivity index (χ0v) is 19.9. The van der Waals surface area contributed by atoms with E-state index in [0.717, 1.165) is 12.5 Å². The highest BCUT2D eigenvalue weighted by atomic mass is 32.2. The molecule has 0 spiro atoms. The van der Waals surface area contributed by atoms with Crippen molar-refractivity contribution in [1.82, 2.24) is 0 Å². The van der Waals surface area contributed by atoms with E-state index in [1.807, 2.05) is 11.8 Å². The van der Waals surface area contributed by atoms with Gasteiger partial charge in [0.1, 0.15) is 0 Å². The largest absolute Gasteiger partial charge is 0.371 e. The predicted octanol–water partition coefficient (Wildman–Crippen LogP) is 9.54. The van der Waals surface area contributed by atoms with Crippen LogP contribution >= 0.6 is 11.8 Å². The van der Waals surface area contributed by atoms with Crippen LogP contribution in [0, 0.1) is 0 Å². The molecule has 0 bridgehead atoms. The Labute approximate surface area is 177 Å². The van der Waals surface area contributed by atoms with Crippen LogP contribution < -0.4 is 0 Å². The Morgan fingerprint density at radius 3 is 1.26 bits per heavy atom. The molecular weight excluding hydrogens is 348 g/mol. The first kappa shape index (κ1) is 27.3. The van der Waals surface area contributed by atoms with Gasteiger partial charge in [0, 0.05) is 6.61 Å². The summed E-state index contributed by atoms with van der Waals surface area (Å²) in [6, 6.07) is 0. The van der Waals surface area contributed by atoms with Gasteiger partial charge in [-0.3, -0.25) is 0 Å². The summed E-state index contributed by atoms with van der Waals surface area (Å²) in [6.07, 6.45) is 28.3. The zero-order chi connectivity index (χ0) is 19.7. The highest BCUT2D eigenvalue weighted by Gasteiger charge is 1.95. The maximum absolute atomic E-state index is 5.76. The van der Waals surface area contributed by atoms with Crippen molar-refractivity contribution < 1.29 is 4.74 Å². The van der Waals surface area contributed by atoms with Crippen molar-refractivity contribution in [3.63, 3.8) is 0 Å². The van der Waals surface area contributed by atoms with E-state index >= 15 is 0 Å². The van der Waals surface area contributed by atoms with Gasteiger partial charge >= 0.3 is 0 Å². The van der Waals surface area contributed by atoms with Crippen LogP contribution in [0.1, 0.15) is 142 Å². The van der Waals surface area contributed by atoms with Crippen LogP contribution in [0.15, 0.2) is 0 Å². The first-order valence-corrected chi connectivity index (χ1v) is 13.7. The molecule has 0 aliphatic rings.